The van der Waals surface area contributed by atoms with Gasteiger partial charge in [-0.15, -0.1) is 0 Å². The van der Waals surface area contributed by atoms with Crippen molar-refractivity contribution in [2.45, 2.75) is 58.3 Å². The Kier molecular flexibility index (Phi) is 8.66. The van der Waals surface area contributed by atoms with Crippen LogP contribution in [0.4, 0.5) is 11.6 Å². The van der Waals surface area contributed by atoms with Gasteiger partial charge in [0.05, 0.1) is 16.7 Å². The minimum absolute atomic E-state index is 0.0695. The lowest BCUT2D eigenvalue weighted by Gasteiger charge is -2.28. The number of carbonyl (C=O) groups is 1. The van der Waals surface area contributed by atoms with Gasteiger partial charge < -0.3 is 19.5 Å². The smallest absolute Gasteiger partial charge is 0.208 e. The fourth-order valence-corrected chi connectivity index (χ4v) is 5.82. The minimum atomic E-state index is -0.0695. The van der Waals surface area contributed by atoms with Gasteiger partial charge in [0.1, 0.15) is 17.3 Å². The first-order valence-electron chi connectivity index (χ1n) is 14.4. The molecule has 1 N–H and O–H groups in total. The number of halogens is 1. The molecule has 3 heterocycles. The Morgan fingerprint density at radius 3 is 2.56 bits per heavy atom. The molecule has 1 aliphatic rings. The van der Waals surface area contributed by atoms with Gasteiger partial charge >= 0.3 is 0 Å². The first kappa shape index (κ1) is 29.1. The highest BCUT2D eigenvalue weighted by Gasteiger charge is 2.19. The zero-order valence-electron chi connectivity index (χ0n) is 24.7. The molecular weight excluding hydrogens is 534 g/mol. The van der Waals surface area contributed by atoms with E-state index in [1.807, 2.05) is 54.1 Å². The van der Waals surface area contributed by atoms with Crippen molar-refractivity contribution >= 4 is 40.1 Å². The molecule has 7 nitrogen and oxygen atoms in total. The number of likely N-dealkylation sites (tertiary alicyclic amines) is 1. The van der Waals surface area contributed by atoms with Crippen LogP contribution >= 0.6 is 11.6 Å². The van der Waals surface area contributed by atoms with Gasteiger partial charge in [-0.2, -0.15) is 0 Å². The summed E-state index contributed by atoms with van der Waals surface area (Å²) in [7, 11) is 4.15. The van der Waals surface area contributed by atoms with Crippen molar-refractivity contribution in [3.05, 3.63) is 71.0 Å². The molecule has 0 atom stereocenters. The van der Waals surface area contributed by atoms with Crippen LogP contribution in [0.2, 0.25) is 5.02 Å². The number of pyridine rings is 1. The lowest BCUT2D eigenvalue weighted by molar-refractivity contribution is -0.118. The first-order chi connectivity index (χ1) is 19.5. The van der Waals surface area contributed by atoms with Gasteiger partial charge in [-0.05, 0) is 92.7 Å². The second-order valence-corrected chi connectivity index (χ2v) is 12.7. The number of aryl methyl sites for hydroxylation is 1. The van der Waals surface area contributed by atoms with Crippen LogP contribution in [-0.2, 0) is 23.7 Å². The van der Waals surface area contributed by atoms with Crippen LogP contribution in [0, 0.1) is 5.92 Å². The summed E-state index contributed by atoms with van der Waals surface area (Å²) in [6.07, 6.45) is 5.99. The maximum Gasteiger partial charge on any atom is 0.208 e. The van der Waals surface area contributed by atoms with Crippen LogP contribution in [0.3, 0.4) is 0 Å². The Labute approximate surface area is 247 Å². The molecule has 0 bridgehead atoms. The standard InChI is InChI=1S/C33H40ClN5O2/c1-33(2,3)28-20-23(7-10-29(28)34)36-32-37-30-21-26(9-11-31(30)39(32)5)41-27-12-15-35-24(19-27)18-25(40)8-6-22-13-16-38(4)17-14-22/h7,9-12,15,19-22H,6,8,13-14,16-18H2,1-5H3,(H,36,37). The zero-order chi connectivity index (χ0) is 29.1. The second-order valence-electron chi connectivity index (χ2n) is 12.3. The fourth-order valence-electron chi connectivity index (χ4n) is 5.42. The van der Waals surface area contributed by atoms with Crippen LogP contribution in [0.15, 0.2) is 54.7 Å². The molecule has 0 saturated carbocycles. The normalized spacial score (nSPS) is 14.9. The van der Waals surface area contributed by atoms with E-state index in [0.717, 1.165) is 58.5 Å². The molecule has 0 spiro atoms. The number of piperidine rings is 1. The molecule has 0 amide bonds. The molecule has 1 saturated heterocycles. The highest BCUT2D eigenvalue weighted by Crippen LogP contribution is 2.33. The van der Waals surface area contributed by atoms with Crippen molar-refractivity contribution in [1.82, 2.24) is 19.4 Å². The Balaban J connectivity index is 1.24. The first-order valence-corrected chi connectivity index (χ1v) is 14.8. The summed E-state index contributed by atoms with van der Waals surface area (Å²) in [5.74, 6) is 2.95. The van der Waals surface area contributed by atoms with E-state index in [0.29, 0.717) is 30.3 Å². The average molecular weight is 574 g/mol. The van der Waals surface area contributed by atoms with E-state index in [9.17, 15) is 4.79 Å². The average Bonchev–Trinajstić information content (AvgIpc) is 3.23. The molecule has 2 aromatic carbocycles. The predicted molar refractivity (Wildman–Crippen MR) is 167 cm³/mol. The highest BCUT2D eigenvalue weighted by molar-refractivity contribution is 6.31. The van der Waals surface area contributed by atoms with Gasteiger partial charge in [-0.1, -0.05) is 32.4 Å². The molecule has 0 radical (unpaired) electrons. The summed E-state index contributed by atoms with van der Waals surface area (Å²) in [5, 5.41) is 4.19. The van der Waals surface area contributed by atoms with E-state index >= 15 is 0 Å². The topological polar surface area (TPSA) is 72.3 Å². The Morgan fingerprint density at radius 2 is 1.80 bits per heavy atom. The Bertz CT molecular complexity index is 1530. The van der Waals surface area contributed by atoms with E-state index in [2.05, 4.69) is 49.1 Å². The van der Waals surface area contributed by atoms with Crippen molar-refractivity contribution in [1.29, 1.82) is 0 Å². The number of fused-ring (bicyclic) bond motifs is 1. The number of ketones is 1. The highest BCUT2D eigenvalue weighted by atomic mass is 35.5. The van der Waals surface area contributed by atoms with Crippen molar-refractivity contribution in [3.63, 3.8) is 0 Å². The maximum absolute atomic E-state index is 12.7. The molecular formula is C33H40ClN5O2. The molecule has 1 aliphatic heterocycles. The largest absolute Gasteiger partial charge is 0.457 e. The molecule has 4 aromatic rings. The minimum Gasteiger partial charge on any atom is -0.457 e. The maximum atomic E-state index is 12.7. The van der Waals surface area contributed by atoms with Gasteiger partial charge in [-0.3, -0.25) is 9.78 Å². The Morgan fingerprint density at radius 1 is 1.05 bits per heavy atom. The van der Waals surface area contributed by atoms with Crippen molar-refractivity contribution in [2.75, 3.05) is 25.5 Å². The lowest BCUT2D eigenvalue weighted by Crippen LogP contribution is -2.30. The summed E-state index contributed by atoms with van der Waals surface area (Å²) in [5.41, 5.74) is 4.47. The molecule has 0 unspecified atom stereocenters. The van der Waals surface area contributed by atoms with Crippen LogP contribution in [0.5, 0.6) is 11.5 Å². The van der Waals surface area contributed by atoms with Crippen LogP contribution in [0.25, 0.3) is 11.0 Å². The number of Topliss-reactive ketones (excluding diaryl/α,β-unsaturated/α-hetero) is 1. The molecule has 41 heavy (non-hydrogen) atoms. The fraction of sp³-hybridized carbons (Fsp3) is 0.424. The molecule has 2 aromatic heterocycles. The third-order valence-electron chi connectivity index (χ3n) is 7.95. The monoisotopic (exact) mass is 573 g/mol. The number of ether oxygens (including phenoxy) is 1. The molecule has 1 fully saturated rings. The van der Waals surface area contributed by atoms with E-state index in [4.69, 9.17) is 21.3 Å². The summed E-state index contributed by atoms with van der Waals surface area (Å²) < 4.78 is 8.19. The number of carbonyl (C=O) groups excluding carboxylic acids is 1. The van der Waals surface area contributed by atoms with Crippen LogP contribution in [0.1, 0.15) is 57.7 Å². The number of rotatable bonds is 9. The van der Waals surface area contributed by atoms with Gasteiger partial charge in [0.15, 0.2) is 0 Å². The molecule has 5 rings (SSSR count). The third kappa shape index (κ3) is 7.27. The Hall–Kier alpha value is -3.42. The number of hydrogen-bond acceptors (Lipinski definition) is 6. The van der Waals surface area contributed by atoms with E-state index in [1.165, 1.54) is 12.8 Å². The lowest BCUT2D eigenvalue weighted by atomic mass is 9.87. The number of imidazole rings is 1. The quantitative estimate of drug-likeness (QED) is 0.221. The zero-order valence-corrected chi connectivity index (χ0v) is 25.5. The number of benzene rings is 2. The van der Waals surface area contributed by atoms with E-state index in [1.54, 1.807) is 6.20 Å². The van der Waals surface area contributed by atoms with E-state index < -0.39 is 0 Å². The van der Waals surface area contributed by atoms with E-state index in [-0.39, 0.29) is 11.2 Å². The van der Waals surface area contributed by atoms with Crippen LogP contribution < -0.4 is 10.1 Å². The summed E-state index contributed by atoms with van der Waals surface area (Å²) in [4.78, 5) is 24.3. The summed E-state index contributed by atoms with van der Waals surface area (Å²) in [6, 6.07) is 15.5. The van der Waals surface area contributed by atoms with Gasteiger partial charge in [0.2, 0.25) is 5.95 Å². The van der Waals surface area contributed by atoms with Gasteiger partial charge in [0, 0.05) is 48.9 Å². The van der Waals surface area contributed by atoms with Crippen molar-refractivity contribution in [2.24, 2.45) is 13.0 Å². The predicted octanol–water partition coefficient (Wildman–Crippen LogP) is 7.69. The third-order valence-corrected chi connectivity index (χ3v) is 8.28. The van der Waals surface area contributed by atoms with Crippen LogP contribution in [-0.4, -0.2) is 45.4 Å². The SMILES string of the molecule is CN1CCC(CCC(=O)Cc2cc(Oc3ccc4c(c3)nc(Nc3ccc(Cl)c(C(C)(C)C)c3)n4C)ccn2)CC1. The van der Waals surface area contributed by atoms with Crippen molar-refractivity contribution < 1.29 is 9.53 Å². The number of aromatic nitrogens is 3. The number of nitrogens with zero attached hydrogens (tertiary/aromatic N) is 4. The summed E-state index contributed by atoms with van der Waals surface area (Å²) in [6.45, 7) is 8.70. The number of nitrogens with one attached hydrogen (secondary N) is 1. The number of hydrogen-bond donors (Lipinski definition) is 1. The molecule has 8 heteroatoms. The second kappa shape index (κ2) is 12.2. The molecule has 216 valence electrons. The van der Waals surface area contributed by atoms with Crippen molar-refractivity contribution in [3.8, 4) is 11.5 Å². The molecule has 0 aliphatic carbocycles. The van der Waals surface area contributed by atoms with Gasteiger partial charge in [0.25, 0.3) is 0 Å². The van der Waals surface area contributed by atoms with Gasteiger partial charge in [-0.25, -0.2) is 4.98 Å². The number of anilines is 2. The summed E-state index contributed by atoms with van der Waals surface area (Å²) >= 11 is 6.46.